The highest BCUT2D eigenvalue weighted by Gasteiger charge is 2.15. The normalized spacial score (nSPS) is 11.3. The average molecular weight is 584 g/mol. The van der Waals surface area contributed by atoms with E-state index in [1.165, 1.54) is 54.7 Å². The number of halogens is 1. The van der Waals surface area contributed by atoms with Gasteiger partial charge in [-0.05, 0) is 95.2 Å². The fraction of sp³-hybridized carbons (Fsp3) is 0. The Balaban J connectivity index is 1.15. The third-order valence-electron chi connectivity index (χ3n) is 6.00. The van der Waals surface area contributed by atoms with Crippen LogP contribution in [-0.4, -0.2) is 26.5 Å². The highest BCUT2D eigenvalue weighted by Crippen LogP contribution is 2.22. The molecular weight excluding hydrogens is 562 g/mol. The third-order valence-corrected chi connectivity index (χ3v) is 7.65. The van der Waals surface area contributed by atoms with Gasteiger partial charge in [-0.1, -0.05) is 48.0 Å². The van der Waals surface area contributed by atoms with Crippen LogP contribution in [0, 0.1) is 0 Å². The zero-order valence-electron chi connectivity index (χ0n) is 21.3. The molecule has 5 aromatic carbocycles. The fourth-order valence-corrected chi connectivity index (χ4v) is 5.12. The van der Waals surface area contributed by atoms with Gasteiger partial charge < -0.3 is 4.74 Å². The number of nitrogens with zero attached hydrogens (tertiary/aromatic N) is 1. The summed E-state index contributed by atoms with van der Waals surface area (Å²) in [6.45, 7) is 0. The number of fused-ring (bicyclic) bond motifs is 1. The number of amides is 1. The average Bonchev–Trinajstić information content (AvgIpc) is 2.98. The van der Waals surface area contributed by atoms with Crippen LogP contribution < -0.4 is 14.9 Å². The summed E-state index contributed by atoms with van der Waals surface area (Å²) in [7, 11) is -3.80. The molecule has 204 valence electrons. The number of rotatable bonds is 8. The molecule has 1 amide bonds. The standard InChI is InChI=1S/C31H22ClN3O5S/c32-24-12-18-27(19-13-24)41(38,39)35-25-14-10-23(11-15-25)30(36)34-33-20-21-8-16-26(17-9-21)40-31(37)29-7-3-5-22-4-1-2-6-28(22)29/h1-20,35H,(H,34,36)/b33-20+. The lowest BCUT2D eigenvalue weighted by atomic mass is 10.0. The number of carbonyl (C=O) groups is 2. The number of hydrogen-bond acceptors (Lipinski definition) is 6. The highest BCUT2D eigenvalue weighted by molar-refractivity contribution is 7.92. The molecular formula is C31H22ClN3O5S. The largest absolute Gasteiger partial charge is 0.423 e. The number of benzene rings is 5. The zero-order chi connectivity index (χ0) is 28.8. The van der Waals surface area contributed by atoms with E-state index in [0.717, 1.165) is 10.8 Å². The van der Waals surface area contributed by atoms with Gasteiger partial charge in [0.1, 0.15) is 5.75 Å². The summed E-state index contributed by atoms with van der Waals surface area (Å²) in [5.74, 6) is -0.566. The molecule has 0 aliphatic carbocycles. The fourth-order valence-electron chi connectivity index (χ4n) is 3.93. The molecule has 0 heterocycles. The van der Waals surface area contributed by atoms with E-state index in [1.54, 1.807) is 30.3 Å². The summed E-state index contributed by atoms with van der Waals surface area (Å²) in [6.07, 6.45) is 1.45. The van der Waals surface area contributed by atoms with Crippen molar-refractivity contribution in [2.75, 3.05) is 4.72 Å². The first-order chi connectivity index (χ1) is 19.8. The van der Waals surface area contributed by atoms with Crippen molar-refractivity contribution in [1.82, 2.24) is 5.43 Å². The maximum atomic E-state index is 12.7. The van der Waals surface area contributed by atoms with E-state index in [0.29, 0.717) is 27.6 Å². The Bertz CT molecular complexity index is 1850. The van der Waals surface area contributed by atoms with Gasteiger partial charge in [-0.15, -0.1) is 0 Å². The molecule has 2 N–H and O–H groups in total. The first-order valence-electron chi connectivity index (χ1n) is 12.3. The van der Waals surface area contributed by atoms with Gasteiger partial charge >= 0.3 is 5.97 Å². The van der Waals surface area contributed by atoms with E-state index < -0.39 is 21.9 Å². The minimum Gasteiger partial charge on any atom is -0.423 e. The van der Waals surface area contributed by atoms with Crippen LogP contribution >= 0.6 is 11.6 Å². The van der Waals surface area contributed by atoms with Gasteiger partial charge in [-0.2, -0.15) is 5.10 Å². The van der Waals surface area contributed by atoms with E-state index >= 15 is 0 Å². The second-order valence-corrected chi connectivity index (χ2v) is 10.9. The maximum absolute atomic E-state index is 12.7. The predicted octanol–water partition coefficient (Wildman–Crippen LogP) is 6.28. The lowest BCUT2D eigenvalue weighted by Gasteiger charge is -2.09. The number of nitrogens with one attached hydrogen (secondary N) is 2. The molecule has 0 spiro atoms. The number of ether oxygens (including phenoxy) is 1. The van der Waals surface area contributed by atoms with Crippen LogP contribution in [0.4, 0.5) is 5.69 Å². The monoisotopic (exact) mass is 583 g/mol. The van der Waals surface area contributed by atoms with Gasteiger partial charge in [-0.3, -0.25) is 9.52 Å². The van der Waals surface area contributed by atoms with E-state index in [9.17, 15) is 18.0 Å². The van der Waals surface area contributed by atoms with Crippen LogP contribution in [0.3, 0.4) is 0 Å². The third kappa shape index (κ3) is 6.78. The lowest BCUT2D eigenvalue weighted by molar-refractivity contribution is 0.0736. The van der Waals surface area contributed by atoms with Crippen LogP contribution in [0.5, 0.6) is 5.75 Å². The molecule has 0 atom stereocenters. The van der Waals surface area contributed by atoms with Crippen molar-refractivity contribution in [2.45, 2.75) is 4.90 Å². The number of hydrazone groups is 1. The second-order valence-electron chi connectivity index (χ2n) is 8.82. The summed E-state index contributed by atoms with van der Waals surface area (Å²) in [5, 5.41) is 6.15. The van der Waals surface area contributed by atoms with E-state index in [1.807, 2.05) is 36.4 Å². The molecule has 0 aliphatic heterocycles. The number of esters is 1. The van der Waals surface area contributed by atoms with Crippen molar-refractivity contribution in [1.29, 1.82) is 0 Å². The molecule has 5 aromatic rings. The van der Waals surface area contributed by atoms with E-state index in [2.05, 4.69) is 15.2 Å². The molecule has 0 aliphatic rings. The molecule has 0 saturated carbocycles. The van der Waals surface area contributed by atoms with Crippen molar-refractivity contribution >= 4 is 56.2 Å². The topological polar surface area (TPSA) is 114 Å². The minimum absolute atomic E-state index is 0.0640. The summed E-state index contributed by atoms with van der Waals surface area (Å²) < 4.78 is 33.0. The van der Waals surface area contributed by atoms with Gasteiger partial charge in [0.05, 0.1) is 16.7 Å². The molecule has 0 radical (unpaired) electrons. The zero-order valence-corrected chi connectivity index (χ0v) is 22.9. The van der Waals surface area contributed by atoms with Crippen molar-refractivity contribution in [3.05, 3.63) is 137 Å². The second kappa shape index (κ2) is 12.0. The van der Waals surface area contributed by atoms with Crippen molar-refractivity contribution < 1.29 is 22.7 Å². The van der Waals surface area contributed by atoms with Crippen LogP contribution in [0.1, 0.15) is 26.3 Å². The first kappa shape index (κ1) is 27.6. The summed E-state index contributed by atoms with van der Waals surface area (Å²) in [6, 6.07) is 31.4. The Morgan fingerprint density at radius 3 is 2.20 bits per heavy atom. The van der Waals surface area contributed by atoms with E-state index in [4.69, 9.17) is 16.3 Å². The van der Waals surface area contributed by atoms with Crippen molar-refractivity contribution in [3.8, 4) is 5.75 Å². The first-order valence-corrected chi connectivity index (χ1v) is 14.2. The van der Waals surface area contributed by atoms with Gasteiger partial charge in [0.25, 0.3) is 15.9 Å². The number of carbonyl (C=O) groups excluding carboxylic acids is 2. The maximum Gasteiger partial charge on any atom is 0.344 e. The molecule has 0 unspecified atom stereocenters. The molecule has 41 heavy (non-hydrogen) atoms. The number of sulfonamides is 1. The molecule has 0 bridgehead atoms. The van der Waals surface area contributed by atoms with Crippen LogP contribution in [0.25, 0.3) is 10.8 Å². The Morgan fingerprint density at radius 1 is 0.780 bits per heavy atom. The van der Waals surface area contributed by atoms with Crippen molar-refractivity contribution in [2.24, 2.45) is 5.10 Å². The predicted molar refractivity (Wildman–Crippen MR) is 159 cm³/mol. The summed E-state index contributed by atoms with van der Waals surface area (Å²) in [5.41, 5.74) is 4.15. The Morgan fingerprint density at radius 2 is 1.46 bits per heavy atom. The Labute approximate surface area is 241 Å². The molecule has 0 fully saturated rings. The van der Waals surface area contributed by atoms with Gasteiger partial charge in [0.15, 0.2) is 0 Å². The highest BCUT2D eigenvalue weighted by atomic mass is 35.5. The summed E-state index contributed by atoms with van der Waals surface area (Å²) >= 11 is 5.82. The van der Waals surface area contributed by atoms with Crippen LogP contribution in [0.15, 0.2) is 125 Å². The van der Waals surface area contributed by atoms with Gasteiger partial charge in [0, 0.05) is 16.3 Å². The molecule has 5 rings (SSSR count). The lowest BCUT2D eigenvalue weighted by Crippen LogP contribution is -2.18. The SMILES string of the molecule is O=C(N/N=C/c1ccc(OC(=O)c2cccc3ccccc23)cc1)c1ccc(NS(=O)(=O)c2ccc(Cl)cc2)cc1. The molecule has 0 aromatic heterocycles. The molecule has 10 heteroatoms. The minimum atomic E-state index is -3.80. The molecule has 8 nitrogen and oxygen atoms in total. The smallest absolute Gasteiger partial charge is 0.344 e. The van der Waals surface area contributed by atoms with Crippen LogP contribution in [-0.2, 0) is 10.0 Å². The Hall–Kier alpha value is -4.99. The number of anilines is 1. The van der Waals surface area contributed by atoms with Gasteiger partial charge in [-0.25, -0.2) is 18.6 Å². The summed E-state index contributed by atoms with van der Waals surface area (Å²) in [4.78, 5) is 25.2. The molecule has 0 saturated heterocycles. The number of hydrogen-bond donors (Lipinski definition) is 2. The Kier molecular flexibility index (Phi) is 8.09. The quantitative estimate of drug-likeness (QED) is 0.0966. The van der Waals surface area contributed by atoms with E-state index in [-0.39, 0.29) is 10.5 Å². The van der Waals surface area contributed by atoms with Crippen LogP contribution in [0.2, 0.25) is 5.02 Å². The van der Waals surface area contributed by atoms with Crippen molar-refractivity contribution in [3.63, 3.8) is 0 Å². The van der Waals surface area contributed by atoms with Gasteiger partial charge in [0.2, 0.25) is 0 Å².